The average Bonchev–Trinajstić information content (AvgIpc) is 2.65. The molecule has 0 radical (unpaired) electrons. The number of Topliss-reactive ketones (excluding diaryl/α,β-unsaturated/α-hetero) is 1. The first-order valence-electron chi connectivity index (χ1n) is 8.82. The fourth-order valence-corrected chi connectivity index (χ4v) is 3.44. The highest BCUT2D eigenvalue weighted by Crippen LogP contribution is 2.40. The zero-order valence-corrected chi connectivity index (χ0v) is 15.3. The summed E-state index contributed by atoms with van der Waals surface area (Å²) in [5, 5.41) is 0. The number of benzene rings is 1. The maximum atomic E-state index is 12.6. The molecule has 7 heteroatoms. The number of methoxy groups -OCH3 is 2. The Morgan fingerprint density at radius 2 is 2.00 bits per heavy atom. The zero-order valence-electron chi connectivity index (χ0n) is 15.3. The van der Waals surface area contributed by atoms with Crippen LogP contribution >= 0.6 is 0 Å². The molecule has 1 saturated heterocycles. The van der Waals surface area contributed by atoms with Crippen LogP contribution in [0.1, 0.15) is 29.6 Å². The molecule has 2 heterocycles. The van der Waals surface area contributed by atoms with Crippen molar-refractivity contribution in [2.45, 2.75) is 24.9 Å². The van der Waals surface area contributed by atoms with Crippen molar-refractivity contribution in [3.05, 3.63) is 23.8 Å². The highest BCUT2D eigenvalue weighted by atomic mass is 16.5. The molecule has 3 rings (SSSR count). The summed E-state index contributed by atoms with van der Waals surface area (Å²) >= 11 is 0. The van der Waals surface area contributed by atoms with Crippen LogP contribution in [0.5, 0.6) is 11.5 Å². The number of piperidine rings is 1. The molecule has 0 N–H and O–H groups in total. The lowest BCUT2D eigenvalue weighted by Gasteiger charge is -2.44. The van der Waals surface area contributed by atoms with E-state index in [1.807, 2.05) is 0 Å². The molecule has 7 nitrogen and oxygen atoms in total. The molecule has 0 bridgehead atoms. The molecule has 0 atom stereocenters. The van der Waals surface area contributed by atoms with E-state index in [1.165, 1.54) is 0 Å². The van der Waals surface area contributed by atoms with Gasteiger partial charge in [-0.25, -0.2) is 0 Å². The number of fused-ring (bicyclic) bond motifs is 1. The first-order valence-corrected chi connectivity index (χ1v) is 8.82. The Morgan fingerprint density at radius 3 is 2.69 bits per heavy atom. The Morgan fingerprint density at radius 1 is 1.23 bits per heavy atom. The molecule has 2 aliphatic heterocycles. The van der Waals surface area contributed by atoms with Gasteiger partial charge >= 0.3 is 0 Å². The highest BCUT2D eigenvalue weighted by Gasteiger charge is 2.43. The van der Waals surface area contributed by atoms with Gasteiger partial charge in [0.2, 0.25) is 5.91 Å². The van der Waals surface area contributed by atoms with E-state index in [1.54, 1.807) is 37.3 Å². The third kappa shape index (κ3) is 3.99. The summed E-state index contributed by atoms with van der Waals surface area (Å²) in [4.78, 5) is 26.6. The number of hydrogen-bond donors (Lipinski definition) is 0. The second kappa shape index (κ2) is 8.05. The second-order valence-corrected chi connectivity index (χ2v) is 6.67. The number of rotatable bonds is 6. The third-order valence-corrected chi connectivity index (χ3v) is 4.98. The highest BCUT2D eigenvalue weighted by molar-refractivity contribution is 6.00. The second-order valence-electron chi connectivity index (χ2n) is 6.67. The molecule has 142 valence electrons. The van der Waals surface area contributed by atoms with Crippen molar-refractivity contribution < 1.29 is 28.5 Å². The molecule has 1 spiro atoms. The lowest BCUT2D eigenvalue weighted by molar-refractivity contribution is -0.140. The van der Waals surface area contributed by atoms with Crippen molar-refractivity contribution in [2.75, 3.05) is 47.1 Å². The monoisotopic (exact) mass is 363 g/mol. The van der Waals surface area contributed by atoms with Crippen LogP contribution in [0.15, 0.2) is 18.2 Å². The Hall–Kier alpha value is -2.12. The summed E-state index contributed by atoms with van der Waals surface area (Å²) in [6, 6.07) is 5.30. The summed E-state index contributed by atoms with van der Waals surface area (Å²) in [6.45, 7) is 2.05. The van der Waals surface area contributed by atoms with E-state index >= 15 is 0 Å². The molecule has 1 aromatic rings. The Labute approximate surface area is 153 Å². The average molecular weight is 363 g/mol. The summed E-state index contributed by atoms with van der Waals surface area (Å²) in [6.07, 6.45) is 1.60. The first kappa shape index (κ1) is 18.7. The number of ketones is 1. The number of amides is 1. The number of carbonyl (C=O) groups is 2. The first-order chi connectivity index (χ1) is 12.6. The third-order valence-electron chi connectivity index (χ3n) is 4.98. The summed E-state index contributed by atoms with van der Waals surface area (Å²) in [5.41, 5.74) is 0.0480. The van der Waals surface area contributed by atoms with Crippen LogP contribution in [0.25, 0.3) is 0 Å². The van der Waals surface area contributed by atoms with E-state index in [2.05, 4.69) is 0 Å². The van der Waals surface area contributed by atoms with Crippen molar-refractivity contribution in [1.29, 1.82) is 0 Å². The van der Waals surface area contributed by atoms with Gasteiger partial charge in [-0.2, -0.15) is 0 Å². The smallest absolute Gasteiger partial charge is 0.248 e. The minimum Gasteiger partial charge on any atom is -0.497 e. The van der Waals surface area contributed by atoms with Crippen LogP contribution in [0.3, 0.4) is 0 Å². The topological polar surface area (TPSA) is 74.3 Å². The molecule has 0 aromatic heterocycles. The van der Waals surface area contributed by atoms with Gasteiger partial charge in [0.25, 0.3) is 0 Å². The van der Waals surface area contributed by atoms with Crippen LogP contribution in [-0.4, -0.2) is 69.3 Å². The van der Waals surface area contributed by atoms with Gasteiger partial charge in [0.15, 0.2) is 5.78 Å². The van der Waals surface area contributed by atoms with Crippen LogP contribution in [0.4, 0.5) is 0 Å². The van der Waals surface area contributed by atoms with Crippen LogP contribution < -0.4 is 9.47 Å². The molecular formula is C19H25NO6. The van der Waals surface area contributed by atoms with E-state index in [0.29, 0.717) is 62.6 Å². The van der Waals surface area contributed by atoms with Crippen molar-refractivity contribution in [3.8, 4) is 11.5 Å². The fourth-order valence-electron chi connectivity index (χ4n) is 3.44. The lowest BCUT2D eigenvalue weighted by atomic mass is 9.82. The standard InChI is InChI=1S/C19H25NO6/c1-23-9-10-25-13-18(22)20-7-5-19(6-8-20)12-16(21)15-11-14(24-2)3-4-17(15)26-19/h3-4,11H,5-10,12-13H2,1-2H3. The molecule has 26 heavy (non-hydrogen) atoms. The van der Waals surface area contributed by atoms with Crippen LogP contribution in [0, 0.1) is 0 Å². The largest absolute Gasteiger partial charge is 0.497 e. The molecular weight excluding hydrogens is 338 g/mol. The van der Waals surface area contributed by atoms with Crippen molar-refractivity contribution in [2.24, 2.45) is 0 Å². The summed E-state index contributed by atoms with van der Waals surface area (Å²) in [7, 11) is 3.16. The number of ether oxygens (including phenoxy) is 4. The Bertz CT molecular complexity index is 666. The van der Waals surface area contributed by atoms with Crippen molar-refractivity contribution >= 4 is 11.7 Å². The van der Waals surface area contributed by atoms with Gasteiger partial charge in [0, 0.05) is 33.0 Å². The van der Waals surface area contributed by atoms with Crippen LogP contribution in [-0.2, 0) is 14.3 Å². The fraction of sp³-hybridized carbons (Fsp3) is 0.579. The molecule has 1 aromatic carbocycles. The predicted octanol–water partition coefficient (Wildman–Crippen LogP) is 1.68. The number of nitrogens with zero attached hydrogens (tertiary/aromatic N) is 1. The summed E-state index contributed by atoms with van der Waals surface area (Å²) < 4.78 is 21.6. The summed E-state index contributed by atoms with van der Waals surface area (Å²) in [5.74, 6) is 1.27. The van der Waals surface area contributed by atoms with Gasteiger partial charge in [0.05, 0.1) is 32.3 Å². The molecule has 0 saturated carbocycles. The SMILES string of the molecule is COCCOCC(=O)N1CCC2(CC1)CC(=O)c1cc(OC)ccc1O2. The molecule has 2 aliphatic rings. The van der Waals surface area contributed by atoms with Gasteiger partial charge in [-0.05, 0) is 18.2 Å². The maximum absolute atomic E-state index is 12.6. The normalized spacial score (nSPS) is 18.4. The minimum absolute atomic E-state index is 0.0387. The van der Waals surface area contributed by atoms with E-state index in [-0.39, 0.29) is 18.3 Å². The van der Waals surface area contributed by atoms with Gasteiger partial charge in [0.1, 0.15) is 23.7 Å². The minimum atomic E-state index is -0.521. The van der Waals surface area contributed by atoms with Crippen LogP contribution in [0.2, 0.25) is 0 Å². The van der Waals surface area contributed by atoms with E-state index in [4.69, 9.17) is 18.9 Å². The zero-order chi connectivity index (χ0) is 18.6. The van der Waals surface area contributed by atoms with E-state index < -0.39 is 5.60 Å². The van der Waals surface area contributed by atoms with Crippen molar-refractivity contribution in [1.82, 2.24) is 4.90 Å². The number of likely N-dealkylation sites (tertiary alicyclic amines) is 1. The van der Waals surface area contributed by atoms with Gasteiger partial charge in [-0.15, -0.1) is 0 Å². The van der Waals surface area contributed by atoms with Gasteiger partial charge < -0.3 is 23.8 Å². The molecule has 0 unspecified atom stereocenters. The molecule has 1 amide bonds. The number of carbonyl (C=O) groups excluding carboxylic acids is 2. The maximum Gasteiger partial charge on any atom is 0.248 e. The number of hydrogen-bond acceptors (Lipinski definition) is 6. The van der Waals surface area contributed by atoms with Gasteiger partial charge in [-0.3, -0.25) is 9.59 Å². The molecule has 1 fully saturated rings. The lowest BCUT2D eigenvalue weighted by Crippen LogP contribution is -2.52. The van der Waals surface area contributed by atoms with Gasteiger partial charge in [-0.1, -0.05) is 0 Å². The van der Waals surface area contributed by atoms with E-state index in [9.17, 15) is 9.59 Å². The van der Waals surface area contributed by atoms with Crippen molar-refractivity contribution in [3.63, 3.8) is 0 Å². The predicted molar refractivity (Wildman–Crippen MR) is 93.8 cm³/mol. The van der Waals surface area contributed by atoms with E-state index in [0.717, 1.165) is 0 Å². The molecule has 0 aliphatic carbocycles. The Balaban J connectivity index is 1.58. The quantitative estimate of drug-likeness (QED) is 0.716. The Kier molecular flexibility index (Phi) is 5.78.